The van der Waals surface area contributed by atoms with Gasteiger partial charge in [0.05, 0.1) is 14.2 Å². The second-order valence-corrected chi connectivity index (χ2v) is 5.13. The van der Waals surface area contributed by atoms with Crippen molar-refractivity contribution < 1.29 is 19.1 Å². The molecule has 0 saturated carbocycles. The maximum Gasteiger partial charge on any atom is 0.251 e. The van der Waals surface area contributed by atoms with Gasteiger partial charge in [0.2, 0.25) is 5.91 Å². The van der Waals surface area contributed by atoms with Gasteiger partial charge in [0.1, 0.15) is 11.5 Å². The minimum atomic E-state index is -0.283. The number of hydrogen-bond acceptors (Lipinski definition) is 4. The number of carbonyl (C=O) groups is 2. The molecule has 0 heterocycles. The number of nitrogens with one attached hydrogen (secondary N) is 2. The molecule has 0 aromatic heterocycles. The van der Waals surface area contributed by atoms with E-state index in [0.29, 0.717) is 22.7 Å². The summed E-state index contributed by atoms with van der Waals surface area (Å²) in [7, 11) is 4.70. The number of ether oxygens (including phenoxy) is 2. The van der Waals surface area contributed by atoms with Gasteiger partial charge in [-0.25, -0.2) is 0 Å². The lowest BCUT2D eigenvalue weighted by molar-refractivity contribution is -0.111. The summed E-state index contributed by atoms with van der Waals surface area (Å²) in [5, 5.41) is 5.27. The SMILES string of the molecule is CNC(=O)c1ccc(NC(=O)/C=C/c2cc(OC)cc(OC)c2)cc1. The van der Waals surface area contributed by atoms with Crippen molar-refractivity contribution in [1.82, 2.24) is 5.32 Å². The second-order valence-electron chi connectivity index (χ2n) is 5.13. The minimum absolute atomic E-state index is 0.176. The van der Waals surface area contributed by atoms with Gasteiger partial charge in [0.25, 0.3) is 5.91 Å². The summed E-state index contributed by atoms with van der Waals surface area (Å²) in [6.45, 7) is 0. The fourth-order valence-electron chi connectivity index (χ4n) is 2.13. The van der Waals surface area contributed by atoms with Crippen molar-refractivity contribution in [1.29, 1.82) is 0 Å². The van der Waals surface area contributed by atoms with Gasteiger partial charge < -0.3 is 20.1 Å². The Bertz CT molecular complexity index is 760. The van der Waals surface area contributed by atoms with Gasteiger partial charge in [-0.3, -0.25) is 9.59 Å². The molecule has 0 unspecified atom stereocenters. The molecule has 130 valence electrons. The number of hydrogen-bond donors (Lipinski definition) is 2. The molecule has 2 aromatic carbocycles. The van der Waals surface area contributed by atoms with Crippen molar-refractivity contribution in [2.45, 2.75) is 0 Å². The molecule has 0 aliphatic rings. The van der Waals surface area contributed by atoms with E-state index >= 15 is 0 Å². The van der Waals surface area contributed by atoms with Crippen LogP contribution >= 0.6 is 0 Å². The normalized spacial score (nSPS) is 10.4. The summed E-state index contributed by atoms with van der Waals surface area (Å²) < 4.78 is 10.4. The first-order valence-electron chi connectivity index (χ1n) is 7.60. The smallest absolute Gasteiger partial charge is 0.251 e. The zero-order valence-electron chi connectivity index (χ0n) is 14.3. The largest absolute Gasteiger partial charge is 0.497 e. The van der Waals surface area contributed by atoms with Crippen LogP contribution in [0.2, 0.25) is 0 Å². The van der Waals surface area contributed by atoms with Crippen LogP contribution < -0.4 is 20.1 Å². The topological polar surface area (TPSA) is 76.7 Å². The Morgan fingerprint density at radius 1 is 0.960 bits per heavy atom. The maximum absolute atomic E-state index is 12.0. The highest BCUT2D eigenvalue weighted by atomic mass is 16.5. The second kappa shape index (κ2) is 8.54. The van der Waals surface area contributed by atoms with Crippen LogP contribution in [-0.2, 0) is 4.79 Å². The van der Waals surface area contributed by atoms with Crippen LogP contribution in [-0.4, -0.2) is 33.1 Å². The molecule has 0 aliphatic carbocycles. The van der Waals surface area contributed by atoms with Crippen molar-refractivity contribution in [3.8, 4) is 11.5 Å². The zero-order chi connectivity index (χ0) is 18.2. The molecule has 0 atom stereocenters. The van der Waals surface area contributed by atoms with Crippen LogP contribution in [0.15, 0.2) is 48.5 Å². The summed E-state index contributed by atoms with van der Waals surface area (Å²) in [6, 6.07) is 12.0. The molecular formula is C19H20N2O4. The van der Waals surface area contributed by atoms with Crippen LogP contribution in [0.1, 0.15) is 15.9 Å². The van der Waals surface area contributed by atoms with E-state index in [4.69, 9.17) is 9.47 Å². The quantitative estimate of drug-likeness (QED) is 0.793. The lowest BCUT2D eigenvalue weighted by Gasteiger charge is -2.06. The van der Waals surface area contributed by atoms with E-state index in [0.717, 1.165) is 5.56 Å². The summed E-state index contributed by atoms with van der Waals surface area (Å²) in [5.74, 6) is 0.826. The predicted octanol–water partition coefficient (Wildman–Crippen LogP) is 2.72. The molecule has 2 N–H and O–H groups in total. The average molecular weight is 340 g/mol. The zero-order valence-corrected chi connectivity index (χ0v) is 14.3. The van der Waals surface area contributed by atoms with Crippen molar-refractivity contribution in [3.63, 3.8) is 0 Å². The average Bonchev–Trinajstić information content (AvgIpc) is 2.66. The molecule has 0 aliphatic heterocycles. The molecule has 0 fully saturated rings. The van der Waals surface area contributed by atoms with Crippen LogP contribution in [0.25, 0.3) is 6.08 Å². The van der Waals surface area contributed by atoms with Crippen LogP contribution in [0.5, 0.6) is 11.5 Å². The predicted molar refractivity (Wildman–Crippen MR) is 97.0 cm³/mol. The Labute approximate surface area is 146 Å². The van der Waals surface area contributed by atoms with Crippen LogP contribution in [0.4, 0.5) is 5.69 Å². The number of carbonyl (C=O) groups excluding carboxylic acids is 2. The summed E-state index contributed by atoms with van der Waals surface area (Å²) in [5.41, 5.74) is 1.91. The highest BCUT2D eigenvalue weighted by Gasteiger charge is 2.04. The number of amides is 2. The van der Waals surface area contributed by atoms with Gasteiger partial charge in [0.15, 0.2) is 0 Å². The van der Waals surface area contributed by atoms with Crippen molar-refractivity contribution in [2.75, 3.05) is 26.6 Å². The van der Waals surface area contributed by atoms with E-state index in [1.54, 1.807) is 69.8 Å². The molecule has 2 rings (SSSR count). The minimum Gasteiger partial charge on any atom is -0.497 e. The van der Waals surface area contributed by atoms with Crippen molar-refractivity contribution in [3.05, 3.63) is 59.7 Å². The molecule has 6 nitrogen and oxygen atoms in total. The molecule has 0 saturated heterocycles. The van der Waals surface area contributed by atoms with E-state index in [1.807, 2.05) is 0 Å². The van der Waals surface area contributed by atoms with E-state index in [2.05, 4.69) is 10.6 Å². The Kier molecular flexibility index (Phi) is 6.17. The van der Waals surface area contributed by atoms with E-state index in [1.165, 1.54) is 6.08 Å². The number of anilines is 1. The van der Waals surface area contributed by atoms with Gasteiger partial charge in [-0.05, 0) is 48.0 Å². The van der Waals surface area contributed by atoms with Crippen molar-refractivity contribution >= 4 is 23.6 Å². The first kappa shape index (κ1) is 18.1. The molecule has 0 bridgehead atoms. The van der Waals surface area contributed by atoms with Crippen molar-refractivity contribution in [2.24, 2.45) is 0 Å². The lowest BCUT2D eigenvalue weighted by Crippen LogP contribution is -2.17. The van der Waals surface area contributed by atoms with Gasteiger partial charge in [-0.2, -0.15) is 0 Å². The molecule has 25 heavy (non-hydrogen) atoms. The highest BCUT2D eigenvalue weighted by molar-refractivity contribution is 6.02. The molecule has 2 amide bonds. The van der Waals surface area contributed by atoms with Crippen LogP contribution in [0.3, 0.4) is 0 Å². The Hall–Kier alpha value is -3.28. The Morgan fingerprint density at radius 2 is 1.56 bits per heavy atom. The number of benzene rings is 2. The van der Waals surface area contributed by atoms with Gasteiger partial charge in [0, 0.05) is 30.4 Å². The van der Waals surface area contributed by atoms with E-state index in [9.17, 15) is 9.59 Å². The monoisotopic (exact) mass is 340 g/mol. The number of rotatable bonds is 6. The lowest BCUT2D eigenvalue weighted by atomic mass is 10.1. The van der Waals surface area contributed by atoms with Gasteiger partial charge in [-0.1, -0.05) is 0 Å². The molecule has 2 aromatic rings. The molecular weight excluding hydrogens is 320 g/mol. The van der Waals surface area contributed by atoms with Gasteiger partial charge >= 0.3 is 0 Å². The van der Waals surface area contributed by atoms with E-state index < -0.39 is 0 Å². The third kappa shape index (κ3) is 5.10. The molecule has 6 heteroatoms. The summed E-state index contributed by atoms with van der Waals surface area (Å²) in [6.07, 6.45) is 3.08. The summed E-state index contributed by atoms with van der Waals surface area (Å²) in [4.78, 5) is 23.5. The fourth-order valence-corrected chi connectivity index (χ4v) is 2.13. The Balaban J connectivity index is 2.04. The van der Waals surface area contributed by atoms with Crippen LogP contribution in [0, 0.1) is 0 Å². The molecule has 0 spiro atoms. The molecule has 0 radical (unpaired) electrons. The maximum atomic E-state index is 12.0. The highest BCUT2D eigenvalue weighted by Crippen LogP contribution is 2.23. The fraction of sp³-hybridized carbons (Fsp3) is 0.158. The van der Waals surface area contributed by atoms with E-state index in [-0.39, 0.29) is 11.8 Å². The summed E-state index contributed by atoms with van der Waals surface area (Å²) >= 11 is 0. The Morgan fingerprint density at radius 3 is 2.08 bits per heavy atom. The van der Waals surface area contributed by atoms with Gasteiger partial charge in [-0.15, -0.1) is 0 Å². The third-order valence-electron chi connectivity index (χ3n) is 3.44. The number of methoxy groups -OCH3 is 2. The first-order chi connectivity index (χ1) is 12.0. The first-order valence-corrected chi connectivity index (χ1v) is 7.60. The standard InChI is InChI=1S/C19H20N2O4/c1-20-19(23)14-5-7-15(8-6-14)21-18(22)9-4-13-10-16(24-2)12-17(11-13)25-3/h4-12H,1-3H3,(H,20,23)(H,21,22)/b9-4+. The third-order valence-corrected chi connectivity index (χ3v) is 3.44.